The molecule has 3 heterocycles. The van der Waals surface area contributed by atoms with Crippen LogP contribution in [0.2, 0.25) is 0 Å². The maximum Gasteiger partial charge on any atom is 0.182 e. The summed E-state index contributed by atoms with van der Waals surface area (Å²) in [5.74, 6) is 4.28. The third kappa shape index (κ3) is 5.34. The number of ether oxygens (including phenoxy) is 2. The summed E-state index contributed by atoms with van der Waals surface area (Å²) in [5, 5.41) is 0. The minimum Gasteiger partial charge on any atom is -0.449 e. The average molecular weight is 733 g/mol. The Morgan fingerprint density at radius 2 is 0.965 bits per heavy atom. The van der Waals surface area contributed by atoms with Gasteiger partial charge in [-0.15, -0.1) is 0 Å². The van der Waals surface area contributed by atoms with Crippen LogP contribution < -0.4 is 9.47 Å². The molecule has 0 fully saturated rings. The Labute approximate surface area is 329 Å². The molecule has 11 rings (SSSR count). The molecule has 7 aromatic carbocycles. The van der Waals surface area contributed by atoms with E-state index in [0.717, 1.165) is 33.4 Å². The number of benzene rings is 7. The van der Waals surface area contributed by atoms with E-state index in [1.165, 1.54) is 22.3 Å². The van der Waals surface area contributed by atoms with Crippen molar-refractivity contribution in [2.45, 2.75) is 5.41 Å². The van der Waals surface area contributed by atoms with E-state index in [1.807, 2.05) is 72.8 Å². The zero-order valence-electron chi connectivity index (χ0n) is 30.6. The highest BCUT2D eigenvalue weighted by Crippen LogP contribution is 2.60. The number of hydrogen-bond acceptors (Lipinski definition) is 6. The lowest BCUT2D eigenvalue weighted by molar-refractivity contribution is 0.360. The molecule has 0 saturated carbocycles. The lowest BCUT2D eigenvalue weighted by Crippen LogP contribution is -2.28. The Morgan fingerprint density at radius 1 is 0.368 bits per heavy atom. The van der Waals surface area contributed by atoms with Gasteiger partial charge in [-0.3, -0.25) is 4.98 Å². The SMILES string of the molecule is c1ccc(-c2nc(-c3cccc(-c4cccc5c4Oc4cc6c(cc4O5)C(c4ccccc4)(c4ccccc4)c4ccccc4-6)c3)nc(-c3ccccn3)n2)cc1. The average Bonchev–Trinajstić information content (AvgIpc) is 3.58. The van der Waals surface area contributed by atoms with Gasteiger partial charge in [0.1, 0.15) is 5.69 Å². The molecule has 0 saturated heterocycles. The molecule has 268 valence electrons. The van der Waals surface area contributed by atoms with E-state index in [1.54, 1.807) is 6.20 Å². The monoisotopic (exact) mass is 732 g/mol. The van der Waals surface area contributed by atoms with Gasteiger partial charge in [-0.2, -0.15) is 0 Å². The van der Waals surface area contributed by atoms with Gasteiger partial charge in [0.2, 0.25) is 0 Å². The Balaban J connectivity index is 1.02. The largest absolute Gasteiger partial charge is 0.449 e. The number of aromatic nitrogens is 4. The van der Waals surface area contributed by atoms with E-state index < -0.39 is 5.41 Å². The van der Waals surface area contributed by atoms with Crippen LogP contribution in [0.3, 0.4) is 0 Å². The molecule has 0 radical (unpaired) electrons. The molecule has 2 aromatic heterocycles. The predicted octanol–water partition coefficient (Wildman–Crippen LogP) is 12.2. The third-order valence-corrected chi connectivity index (χ3v) is 10.9. The van der Waals surface area contributed by atoms with Gasteiger partial charge in [0.25, 0.3) is 0 Å². The first-order valence-corrected chi connectivity index (χ1v) is 19.0. The zero-order chi connectivity index (χ0) is 37.8. The molecular formula is C51H32N4O2. The number of hydrogen-bond donors (Lipinski definition) is 0. The second-order valence-electron chi connectivity index (χ2n) is 14.2. The molecule has 0 atom stereocenters. The van der Waals surface area contributed by atoms with Crippen molar-refractivity contribution in [2.75, 3.05) is 0 Å². The Kier molecular flexibility index (Phi) is 7.60. The van der Waals surface area contributed by atoms with E-state index in [9.17, 15) is 0 Å². The first-order valence-electron chi connectivity index (χ1n) is 19.0. The van der Waals surface area contributed by atoms with Gasteiger partial charge >= 0.3 is 0 Å². The van der Waals surface area contributed by atoms with Gasteiger partial charge in [0.15, 0.2) is 40.5 Å². The van der Waals surface area contributed by atoms with Crippen LogP contribution in [-0.2, 0) is 5.41 Å². The highest BCUT2D eigenvalue weighted by atomic mass is 16.6. The lowest BCUT2D eigenvalue weighted by atomic mass is 9.67. The Bertz CT molecular complexity index is 2860. The molecule has 6 heteroatoms. The molecule has 6 nitrogen and oxygen atoms in total. The minimum atomic E-state index is -0.540. The molecule has 1 aliphatic carbocycles. The summed E-state index contributed by atoms with van der Waals surface area (Å²) < 4.78 is 13.7. The molecule has 9 aromatic rings. The smallest absolute Gasteiger partial charge is 0.182 e. The van der Waals surface area contributed by atoms with E-state index in [4.69, 9.17) is 24.4 Å². The van der Waals surface area contributed by atoms with Crippen molar-refractivity contribution < 1.29 is 9.47 Å². The first kappa shape index (κ1) is 32.7. The van der Waals surface area contributed by atoms with Crippen LogP contribution in [0, 0.1) is 0 Å². The molecule has 0 bridgehead atoms. The van der Waals surface area contributed by atoms with Crippen molar-refractivity contribution in [3.8, 4) is 79.5 Å². The second kappa shape index (κ2) is 13.3. The maximum atomic E-state index is 6.91. The van der Waals surface area contributed by atoms with Crippen LogP contribution in [0.1, 0.15) is 22.3 Å². The van der Waals surface area contributed by atoms with E-state index in [-0.39, 0.29) is 0 Å². The number of para-hydroxylation sites is 1. The third-order valence-electron chi connectivity index (χ3n) is 10.9. The Hall–Kier alpha value is -7.70. The quantitative estimate of drug-likeness (QED) is 0.169. The number of nitrogens with zero attached hydrogens (tertiary/aromatic N) is 4. The number of fused-ring (bicyclic) bond motifs is 5. The topological polar surface area (TPSA) is 70.0 Å². The van der Waals surface area contributed by atoms with Gasteiger partial charge in [0, 0.05) is 22.9 Å². The molecular weight excluding hydrogens is 701 g/mol. The molecule has 1 aliphatic heterocycles. The summed E-state index contributed by atoms with van der Waals surface area (Å²) in [4.78, 5) is 19.2. The number of pyridine rings is 1. The van der Waals surface area contributed by atoms with Crippen molar-refractivity contribution in [1.82, 2.24) is 19.9 Å². The fourth-order valence-corrected chi connectivity index (χ4v) is 8.42. The lowest BCUT2D eigenvalue weighted by Gasteiger charge is -2.34. The van der Waals surface area contributed by atoms with Crippen molar-refractivity contribution in [3.05, 3.63) is 217 Å². The highest BCUT2D eigenvalue weighted by molar-refractivity contribution is 5.89. The molecule has 0 amide bonds. The van der Waals surface area contributed by atoms with Crippen LogP contribution in [-0.4, -0.2) is 19.9 Å². The number of rotatable bonds is 6. The van der Waals surface area contributed by atoms with Crippen LogP contribution in [0.25, 0.3) is 56.5 Å². The molecule has 2 aliphatic rings. The standard InChI is InChI=1S/C51H32N4O2/c1-4-16-33(17-5-1)48-53-49(55-50(54-48)43-27-12-13-29-52-43)35-19-14-18-34(30-35)38-25-15-28-44-47(38)57-45-31-40-39-24-10-11-26-41(39)51(36-20-6-2-7-21-36,37-22-8-3-9-23-37)42(40)32-46(45)56-44/h1-32H. The van der Waals surface area contributed by atoms with E-state index in [0.29, 0.717) is 46.2 Å². The molecule has 0 spiro atoms. The van der Waals surface area contributed by atoms with Gasteiger partial charge in [-0.1, -0.05) is 152 Å². The minimum absolute atomic E-state index is 0.507. The summed E-state index contributed by atoms with van der Waals surface area (Å²) >= 11 is 0. The van der Waals surface area contributed by atoms with Crippen LogP contribution in [0.5, 0.6) is 23.0 Å². The van der Waals surface area contributed by atoms with E-state index in [2.05, 4.69) is 120 Å². The van der Waals surface area contributed by atoms with Crippen LogP contribution >= 0.6 is 0 Å². The maximum absolute atomic E-state index is 6.91. The Morgan fingerprint density at radius 3 is 1.72 bits per heavy atom. The van der Waals surface area contributed by atoms with Gasteiger partial charge in [-0.25, -0.2) is 15.0 Å². The summed E-state index contributed by atoms with van der Waals surface area (Å²) in [7, 11) is 0. The fourth-order valence-electron chi connectivity index (χ4n) is 8.42. The molecule has 0 N–H and O–H groups in total. The zero-order valence-corrected chi connectivity index (χ0v) is 30.6. The van der Waals surface area contributed by atoms with Crippen molar-refractivity contribution in [2.24, 2.45) is 0 Å². The molecule has 0 unspecified atom stereocenters. The van der Waals surface area contributed by atoms with Gasteiger partial charge < -0.3 is 9.47 Å². The fraction of sp³-hybridized carbons (Fsp3) is 0.0196. The summed E-state index contributed by atoms with van der Waals surface area (Å²) in [5.41, 5.74) is 10.8. The summed E-state index contributed by atoms with van der Waals surface area (Å²) in [6.07, 6.45) is 1.75. The molecule has 57 heavy (non-hydrogen) atoms. The normalized spacial score (nSPS) is 13.0. The van der Waals surface area contributed by atoms with Gasteiger partial charge in [-0.05, 0) is 75.3 Å². The van der Waals surface area contributed by atoms with Crippen LogP contribution in [0.15, 0.2) is 194 Å². The predicted molar refractivity (Wildman–Crippen MR) is 223 cm³/mol. The first-order chi connectivity index (χ1) is 28.2. The second-order valence-corrected chi connectivity index (χ2v) is 14.2. The van der Waals surface area contributed by atoms with Crippen molar-refractivity contribution in [3.63, 3.8) is 0 Å². The summed E-state index contributed by atoms with van der Waals surface area (Å²) in [6, 6.07) is 64.5. The van der Waals surface area contributed by atoms with Gasteiger partial charge in [0.05, 0.1) is 5.41 Å². The van der Waals surface area contributed by atoms with Crippen molar-refractivity contribution in [1.29, 1.82) is 0 Å². The summed E-state index contributed by atoms with van der Waals surface area (Å²) in [6.45, 7) is 0. The van der Waals surface area contributed by atoms with Crippen molar-refractivity contribution >= 4 is 0 Å². The van der Waals surface area contributed by atoms with E-state index >= 15 is 0 Å². The van der Waals surface area contributed by atoms with Crippen LogP contribution in [0.4, 0.5) is 0 Å². The highest BCUT2D eigenvalue weighted by Gasteiger charge is 2.47.